The van der Waals surface area contributed by atoms with Crippen molar-refractivity contribution < 1.29 is 9.53 Å². The van der Waals surface area contributed by atoms with Crippen molar-refractivity contribution in [3.05, 3.63) is 35.4 Å². The summed E-state index contributed by atoms with van der Waals surface area (Å²) < 4.78 is 5.38. The van der Waals surface area contributed by atoms with Crippen molar-refractivity contribution in [2.75, 3.05) is 19.8 Å². The predicted molar refractivity (Wildman–Crippen MR) is 69.1 cm³/mol. The van der Waals surface area contributed by atoms with Crippen LogP contribution in [0.25, 0.3) is 0 Å². The number of hydrogen-bond donors (Lipinski definition) is 0. The molecule has 0 N–H and O–H groups in total. The zero-order chi connectivity index (χ0) is 12.4. The van der Waals surface area contributed by atoms with Crippen molar-refractivity contribution in [3.8, 4) is 0 Å². The molecule has 96 valence electrons. The maximum absolute atomic E-state index is 11.5. The van der Waals surface area contributed by atoms with E-state index < -0.39 is 0 Å². The lowest BCUT2D eigenvalue weighted by molar-refractivity contribution is -0.123. The number of nitrogens with zero attached hydrogens (tertiary/aromatic N) is 1. The lowest BCUT2D eigenvalue weighted by Gasteiger charge is -2.35. The van der Waals surface area contributed by atoms with Crippen molar-refractivity contribution in [2.45, 2.75) is 25.9 Å². The van der Waals surface area contributed by atoms with Gasteiger partial charge in [-0.3, -0.25) is 4.90 Å². The van der Waals surface area contributed by atoms with Crippen LogP contribution >= 0.6 is 0 Å². The molecule has 0 atom stereocenters. The number of carbonyl (C=O) groups is 1. The standard InChI is InChI=1S/C15H19NO2/c17-12-15(5-7-18-8-6-15)11-16-9-13-3-1-2-4-14(13)10-16/h1-4,12H,5-11H2. The quantitative estimate of drug-likeness (QED) is 0.763. The second-order valence-electron chi connectivity index (χ2n) is 5.51. The molecule has 0 saturated carbocycles. The Morgan fingerprint density at radius 3 is 2.33 bits per heavy atom. The molecule has 2 aliphatic heterocycles. The van der Waals surface area contributed by atoms with E-state index in [1.807, 2.05) is 0 Å². The van der Waals surface area contributed by atoms with Gasteiger partial charge >= 0.3 is 0 Å². The molecule has 0 aliphatic carbocycles. The first-order valence-corrected chi connectivity index (χ1v) is 6.65. The van der Waals surface area contributed by atoms with Gasteiger partial charge in [0.1, 0.15) is 6.29 Å². The Hall–Kier alpha value is -1.19. The van der Waals surface area contributed by atoms with Gasteiger partial charge in [-0.1, -0.05) is 24.3 Å². The molecule has 1 aromatic carbocycles. The maximum Gasteiger partial charge on any atom is 0.127 e. The molecule has 1 fully saturated rings. The van der Waals surface area contributed by atoms with Gasteiger partial charge < -0.3 is 9.53 Å². The minimum Gasteiger partial charge on any atom is -0.381 e. The highest BCUT2D eigenvalue weighted by atomic mass is 16.5. The fourth-order valence-corrected chi connectivity index (χ4v) is 3.05. The monoisotopic (exact) mass is 245 g/mol. The molecule has 3 rings (SSSR count). The first-order valence-electron chi connectivity index (χ1n) is 6.65. The van der Waals surface area contributed by atoms with E-state index in [1.54, 1.807) is 0 Å². The van der Waals surface area contributed by atoms with E-state index in [-0.39, 0.29) is 5.41 Å². The van der Waals surface area contributed by atoms with E-state index in [0.29, 0.717) is 0 Å². The second-order valence-corrected chi connectivity index (χ2v) is 5.51. The summed E-state index contributed by atoms with van der Waals surface area (Å²) in [6.45, 7) is 4.27. The molecule has 2 aliphatic rings. The van der Waals surface area contributed by atoms with Crippen molar-refractivity contribution in [2.24, 2.45) is 5.41 Å². The van der Waals surface area contributed by atoms with E-state index in [4.69, 9.17) is 4.74 Å². The normalized spacial score (nSPS) is 22.7. The van der Waals surface area contributed by atoms with Crippen LogP contribution in [0.2, 0.25) is 0 Å². The zero-order valence-electron chi connectivity index (χ0n) is 10.6. The average Bonchev–Trinajstić information content (AvgIpc) is 2.81. The van der Waals surface area contributed by atoms with Crippen LogP contribution in [0.3, 0.4) is 0 Å². The van der Waals surface area contributed by atoms with Crippen molar-refractivity contribution in [1.82, 2.24) is 4.90 Å². The molecule has 2 heterocycles. The lowest BCUT2D eigenvalue weighted by Crippen LogP contribution is -2.40. The molecule has 18 heavy (non-hydrogen) atoms. The van der Waals surface area contributed by atoms with E-state index in [0.717, 1.165) is 45.7 Å². The van der Waals surface area contributed by atoms with Crippen LogP contribution < -0.4 is 0 Å². The highest BCUT2D eigenvalue weighted by Gasteiger charge is 2.35. The van der Waals surface area contributed by atoms with Gasteiger partial charge in [-0.25, -0.2) is 0 Å². The molecule has 3 nitrogen and oxygen atoms in total. The van der Waals surface area contributed by atoms with Crippen LogP contribution in [-0.2, 0) is 22.6 Å². The molecule has 0 amide bonds. The Kier molecular flexibility index (Phi) is 3.18. The fraction of sp³-hybridized carbons (Fsp3) is 0.533. The summed E-state index contributed by atoms with van der Waals surface area (Å²) in [6, 6.07) is 8.55. The third kappa shape index (κ3) is 2.20. The largest absolute Gasteiger partial charge is 0.381 e. The van der Waals surface area contributed by atoms with Gasteiger partial charge in [0, 0.05) is 38.3 Å². The first kappa shape index (κ1) is 11.9. The third-order valence-corrected chi connectivity index (χ3v) is 4.18. The van der Waals surface area contributed by atoms with Gasteiger partial charge in [0.15, 0.2) is 0 Å². The van der Waals surface area contributed by atoms with Crippen LogP contribution in [0.1, 0.15) is 24.0 Å². The summed E-state index contributed by atoms with van der Waals surface area (Å²) in [4.78, 5) is 13.9. The number of hydrogen-bond acceptors (Lipinski definition) is 3. The summed E-state index contributed by atoms with van der Waals surface area (Å²) in [6.07, 6.45) is 2.89. The van der Waals surface area contributed by atoms with Crippen molar-refractivity contribution >= 4 is 6.29 Å². The molecule has 1 saturated heterocycles. The minimum absolute atomic E-state index is 0.180. The first-order chi connectivity index (χ1) is 8.81. The SMILES string of the molecule is O=CC1(CN2Cc3ccccc3C2)CCOCC1. The fourth-order valence-electron chi connectivity index (χ4n) is 3.05. The highest BCUT2D eigenvalue weighted by Crippen LogP contribution is 2.32. The van der Waals surface area contributed by atoms with Crippen LogP contribution in [0.15, 0.2) is 24.3 Å². The lowest BCUT2D eigenvalue weighted by atomic mass is 9.81. The molecule has 0 aromatic heterocycles. The van der Waals surface area contributed by atoms with Crippen LogP contribution in [0, 0.1) is 5.41 Å². The van der Waals surface area contributed by atoms with E-state index in [9.17, 15) is 4.79 Å². The van der Waals surface area contributed by atoms with E-state index in [1.165, 1.54) is 17.4 Å². The Morgan fingerprint density at radius 1 is 1.17 bits per heavy atom. The molecule has 3 heteroatoms. The highest BCUT2D eigenvalue weighted by molar-refractivity contribution is 5.60. The van der Waals surface area contributed by atoms with E-state index in [2.05, 4.69) is 29.2 Å². The molecule has 1 aromatic rings. The number of carbonyl (C=O) groups excluding carboxylic acids is 1. The summed E-state index contributed by atoms with van der Waals surface area (Å²) in [5.41, 5.74) is 2.64. The van der Waals surface area contributed by atoms with Crippen LogP contribution in [-0.4, -0.2) is 30.9 Å². The minimum atomic E-state index is -0.180. The number of aldehydes is 1. The molecule has 0 radical (unpaired) electrons. The van der Waals surface area contributed by atoms with Gasteiger partial charge in [0.05, 0.1) is 0 Å². The maximum atomic E-state index is 11.5. The summed E-state index contributed by atoms with van der Waals surface area (Å²) in [7, 11) is 0. The van der Waals surface area contributed by atoms with Gasteiger partial charge in [-0.15, -0.1) is 0 Å². The van der Waals surface area contributed by atoms with Crippen LogP contribution in [0.4, 0.5) is 0 Å². The topological polar surface area (TPSA) is 29.5 Å². The Morgan fingerprint density at radius 2 is 1.78 bits per heavy atom. The van der Waals surface area contributed by atoms with Crippen molar-refractivity contribution in [3.63, 3.8) is 0 Å². The Labute approximate surface area is 108 Å². The zero-order valence-corrected chi connectivity index (χ0v) is 10.6. The number of fused-ring (bicyclic) bond motifs is 1. The predicted octanol–water partition coefficient (Wildman–Crippen LogP) is 2.00. The summed E-state index contributed by atoms with van der Waals surface area (Å²) >= 11 is 0. The van der Waals surface area contributed by atoms with Crippen LogP contribution in [0.5, 0.6) is 0 Å². The Balaban J connectivity index is 1.69. The number of ether oxygens (including phenoxy) is 1. The molecule has 0 spiro atoms. The van der Waals surface area contributed by atoms with Gasteiger partial charge in [-0.2, -0.15) is 0 Å². The van der Waals surface area contributed by atoms with E-state index >= 15 is 0 Å². The molecular weight excluding hydrogens is 226 g/mol. The summed E-state index contributed by atoms with van der Waals surface area (Å²) in [5, 5.41) is 0. The van der Waals surface area contributed by atoms with Crippen molar-refractivity contribution in [1.29, 1.82) is 0 Å². The van der Waals surface area contributed by atoms with Gasteiger partial charge in [-0.05, 0) is 24.0 Å². The third-order valence-electron chi connectivity index (χ3n) is 4.18. The molecule has 0 unspecified atom stereocenters. The molecule has 0 bridgehead atoms. The van der Waals surface area contributed by atoms with Gasteiger partial charge in [0.25, 0.3) is 0 Å². The average molecular weight is 245 g/mol. The summed E-state index contributed by atoms with van der Waals surface area (Å²) in [5.74, 6) is 0. The second kappa shape index (κ2) is 4.82. The molecular formula is C15H19NO2. The smallest absolute Gasteiger partial charge is 0.127 e. The van der Waals surface area contributed by atoms with Gasteiger partial charge in [0.2, 0.25) is 0 Å². The number of benzene rings is 1. The number of rotatable bonds is 3. The Bertz CT molecular complexity index is 413.